The van der Waals surface area contributed by atoms with Crippen molar-refractivity contribution in [2.75, 3.05) is 5.75 Å². The molecule has 0 N–H and O–H groups in total. The van der Waals surface area contributed by atoms with Crippen LogP contribution in [-0.2, 0) is 10.9 Å². The van der Waals surface area contributed by atoms with Crippen molar-refractivity contribution in [3.8, 4) is 0 Å². The van der Waals surface area contributed by atoms with E-state index in [2.05, 4.69) is 50.8 Å². The van der Waals surface area contributed by atoms with Crippen LogP contribution < -0.4 is 0 Å². The number of benzene rings is 1. The van der Waals surface area contributed by atoms with Crippen LogP contribution in [0.1, 0.15) is 13.8 Å². The fourth-order valence-corrected chi connectivity index (χ4v) is 3.17. The summed E-state index contributed by atoms with van der Waals surface area (Å²) in [5, 5.41) is 0.709. The Kier molecular flexibility index (Phi) is 7.83. The van der Waals surface area contributed by atoms with Crippen LogP contribution in [-0.4, -0.2) is 18.3 Å². The summed E-state index contributed by atoms with van der Waals surface area (Å²) in [5.74, 6) is 1.10. The molecule has 102 valence electrons. The average Bonchev–Trinajstić information content (AvgIpc) is 2.24. The van der Waals surface area contributed by atoms with Gasteiger partial charge < -0.3 is 17.3 Å². The van der Waals surface area contributed by atoms with Gasteiger partial charge in [-0.3, -0.25) is 0 Å². The first-order chi connectivity index (χ1) is 8.25. The highest BCUT2D eigenvalue weighted by atomic mass is 32.2. The Morgan fingerprint density at radius 3 is 1.94 bits per heavy atom. The van der Waals surface area contributed by atoms with Gasteiger partial charge in [0.15, 0.2) is 4.90 Å². The summed E-state index contributed by atoms with van der Waals surface area (Å²) in [7, 11) is -5.66. The van der Waals surface area contributed by atoms with Crippen molar-refractivity contribution in [1.82, 2.24) is 0 Å². The Hall–Kier alpha value is -0.905. The molecule has 1 rings (SSSR count). The van der Waals surface area contributed by atoms with Gasteiger partial charge in [-0.2, -0.15) is 0 Å². The topological polar surface area (TPSA) is 0 Å². The summed E-state index contributed by atoms with van der Waals surface area (Å²) in [6, 6.07) is 10.7. The molecule has 0 saturated carbocycles. The van der Waals surface area contributed by atoms with Gasteiger partial charge >= 0.3 is 7.25 Å². The van der Waals surface area contributed by atoms with E-state index in [0.717, 1.165) is 5.75 Å². The molecule has 0 aliphatic rings. The third-order valence-electron chi connectivity index (χ3n) is 1.91. The Balaban J connectivity index is 0.000000494. The monoisotopic (exact) mass is 280 g/mol. The lowest BCUT2D eigenvalue weighted by Crippen LogP contribution is -2.17. The first-order valence-corrected chi connectivity index (χ1v) is 6.94. The Bertz CT molecular complexity index is 332. The second kappa shape index (κ2) is 8.24. The van der Waals surface area contributed by atoms with Gasteiger partial charge in [-0.05, 0) is 32.1 Å². The summed E-state index contributed by atoms with van der Waals surface area (Å²) in [6.45, 7) is 8.37. The third kappa shape index (κ3) is 9.16. The van der Waals surface area contributed by atoms with E-state index < -0.39 is 7.25 Å². The van der Waals surface area contributed by atoms with E-state index in [1.54, 1.807) is 0 Å². The van der Waals surface area contributed by atoms with Crippen molar-refractivity contribution in [1.29, 1.82) is 0 Å². The molecule has 18 heavy (non-hydrogen) atoms. The number of halogens is 4. The molecule has 0 amide bonds. The zero-order chi connectivity index (χ0) is 14.2. The van der Waals surface area contributed by atoms with E-state index in [-0.39, 0.29) is 0 Å². The fourth-order valence-electron chi connectivity index (χ4n) is 1.28. The van der Waals surface area contributed by atoms with E-state index in [9.17, 15) is 17.3 Å². The minimum Gasteiger partial charge on any atom is -0.418 e. The van der Waals surface area contributed by atoms with Crippen molar-refractivity contribution in [3.63, 3.8) is 0 Å². The highest BCUT2D eigenvalue weighted by Gasteiger charge is 2.23. The van der Waals surface area contributed by atoms with Crippen molar-refractivity contribution in [2.24, 2.45) is 0 Å². The maximum absolute atomic E-state index is 9.75. The summed E-state index contributed by atoms with van der Waals surface area (Å²) in [4.78, 5) is 1.46. The van der Waals surface area contributed by atoms with Gasteiger partial charge in [-0.15, -0.1) is 0 Å². The van der Waals surface area contributed by atoms with E-state index in [0.29, 0.717) is 16.1 Å². The molecule has 1 aromatic carbocycles. The number of hydrogen-bond donors (Lipinski definition) is 0. The van der Waals surface area contributed by atoms with Crippen LogP contribution in [0.2, 0.25) is 0 Å². The molecule has 0 bridgehead atoms. The molecule has 0 saturated heterocycles. The van der Waals surface area contributed by atoms with Gasteiger partial charge in [-0.1, -0.05) is 24.8 Å². The largest absolute Gasteiger partial charge is 0.673 e. The van der Waals surface area contributed by atoms with Crippen LogP contribution >= 0.6 is 0 Å². The van der Waals surface area contributed by atoms with Crippen LogP contribution in [0.5, 0.6) is 0 Å². The molecule has 1 aromatic rings. The average molecular weight is 280 g/mol. The van der Waals surface area contributed by atoms with Crippen LogP contribution in [0.25, 0.3) is 0 Å². The van der Waals surface area contributed by atoms with Gasteiger partial charge in [-0.25, -0.2) is 0 Å². The Morgan fingerprint density at radius 2 is 1.61 bits per heavy atom. The summed E-state index contributed by atoms with van der Waals surface area (Å²) >= 11 is 0. The smallest absolute Gasteiger partial charge is 0.418 e. The fraction of sp³-hybridized carbons (Fsp3) is 0.333. The molecule has 0 aromatic heterocycles. The van der Waals surface area contributed by atoms with Gasteiger partial charge in [0.05, 0.1) is 0 Å². The molecule has 0 fully saturated rings. The molecule has 0 radical (unpaired) electrons. The zero-order valence-electron chi connectivity index (χ0n) is 10.5. The Labute approximate surface area is 109 Å². The lowest BCUT2D eigenvalue weighted by atomic mass is 10.3. The van der Waals surface area contributed by atoms with Crippen molar-refractivity contribution in [2.45, 2.75) is 24.0 Å². The molecule has 0 aliphatic carbocycles. The number of hydrogen-bond acceptors (Lipinski definition) is 0. The second-order valence-electron chi connectivity index (χ2n) is 3.74. The van der Waals surface area contributed by atoms with E-state index in [1.165, 1.54) is 4.90 Å². The van der Waals surface area contributed by atoms with Crippen molar-refractivity contribution < 1.29 is 17.3 Å². The SMILES string of the molecule is C=CC[S+](c1ccccc1)C(C)C.F[B-](F)(F)F. The van der Waals surface area contributed by atoms with E-state index in [1.807, 2.05) is 6.08 Å². The summed E-state index contributed by atoms with van der Waals surface area (Å²) in [6.07, 6.45) is 2.02. The normalized spacial score (nSPS) is 12.6. The van der Waals surface area contributed by atoms with Crippen molar-refractivity contribution >= 4 is 18.1 Å². The maximum Gasteiger partial charge on any atom is 0.673 e. The predicted molar refractivity (Wildman–Crippen MR) is 72.5 cm³/mol. The molecule has 0 heterocycles. The maximum atomic E-state index is 9.75. The van der Waals surface area contributed by atoms with Crippen LogP contribution in [0, 0.1) is 0 Å². The molecule has 1 atom stereocenters. The highest BCUT2D eigenvalue weighted by Crippen LogP contribution is 2.18. The van der Waals surface area contributed by atoms with Gasteiger partial charge in [0.25, 0.3) is 0 Å². The molecule has 0 aliphatic heterocycles. The van der Waals surface area contributed by atoms with E-state index >= 15 is 0 Å². The molecular weight excluding hydrogens is 263 g/mol. The van der Waals surface area contributed by atoms with Gasteiger partial charge in [0.2, 0.25) is 0 Å². The van der Waals surface area contributed by atoms with Crippen molar-refractivity contribution in [3.05, 3.63) is 43.0 Å². The third-order valence-corrected chi connectivity index (χ3v) is 4.52. The number of rotatable bonds is 4. The second-order valence-corrected chi connectivity index (χ2v) is 6.35. The zero-order valence-corrected chi connectivity index (χ0v) is 11.3. The molecule has 0 nitrogen and oxygen atoms in total. The highest BCUT2D eigenvalue weighted by molar-refractivity contribution is 7.97. The molecule has 6 heteroatoms. The van der Waals surface area contributed by atoms with Gasteiger partial charge in [0.1, 0.15) is 11.0 Å². The molecule has 0 spiro atoms. The molecular formula is C12H17BF4S. The summed E-state index contributed by atoms with van der Waals surface area (Å²) in [5.41, 5.74) is 0. The quantitative estimate of drug-likeness (QED) is 0.328. The lowest BCUT2D eigenvalue weighted by Gasteiger charge is -2.09. The minimum absolute atomic E-state index is 0.342. The lowest BCUT2D eigenvalue weighted by molar-refractivity contribution is 0.368. The Morgan fingerprint density at radius 1 is 1.17 bits per heavy atom. The predicted octanol–water partition coefficient (Wildman–Crippen LogP) is 4.56. The van der Waals surface area contributed by atoms with Crippen LogP contribution in [0.3, 0.4) is 0 Å². The first kappa shape index (κ1) is 17.1. The van der Waals surface area contributed by atoms with Crippen LogP contribution in [0.4, 0.5) is 17.3 Å². The standard InChI is InChI=1S/C12H17S.BF4/c1-4-10-13(11(2)3)12-8-6-5-7-9-12;2-1(3,4)5/h4-9,11H,1,10H2,2-3H3;/q+1;-1. The van der Waals surface area contributed by atoms with Crippen LogP contribution in [0.15, 0.2) is 47.9 Å². The van der Waals surface area contributed by atoms with Gasteiger partial charge in [0, 0.05) is 10.9 Å². The minimum atomic E-state index is -6.00. The first-order valence-electron chi connectivity index (χ1n) is 5.48. The summed E-state index contributed by atoms with van der Waals surface area (Å²) < 4.78 is 39.0. The van der Waals surface area contributed by atoms with E-state index in [4.69, 9.17) is 0 Å². The molecule has 1 unspecified atom stereocenters.